The van der Waals surface area contributed by atoms with E-state index in [2.05, 4.69) is 30.5 Å². The van der Waals surface area contributed by atoms with Crippen LogP contribution in [0.4, 0.5) is 0 Å². The van der Waals surface area contributed by atoms with Crippen molar-refractivity contribution in [2.75, 3.05) is 0 Å². The Morgan fingerprint density at radius 3 is 2.53 bits per heavy atom. The summed E-state index contributed by atoms with van der Waals surface area (Å²) in [5.74, 6) is 6.76. The summed E-state index contributed by atoms with van der Waals surface area (Å²) in [5.41, 5.74) is 4.51. The fraction of sp³-hybridized carbons (Fsp3) is 0.625. The van der Waals surface area contributed by atoms with E-state index in [4.69, 9.17) is 10.6 Å². The SMILES string of the molecule is CC(C)Oc1cccc(C(NN)C2(C)CCCC2)c1. The molecule has 0 amide bonds. The fourth-order valence-electron chi connectivity index (χ4n) is 3.21. The summed E-state index contributed by atoms with van der Waals surface area (Å²) >= 11 is 0. The van der Waals surface area contributed by atoms with E-state index in [0.29, 0.717) is 0 Å². The zero-order valence-electron chi connectivity index (χ0n) is 12.3. The van der Waals surface area contributed by atoms with Gasteiger partial charge in [-0.25, -0.2) is 0 Å². The Balaban J connectivity index is 2.23. The Morgan fingerprint density at radius 2 is 1.95 bits per heavy atom. The van der Waals surface area contributed by atoms with Crippen molar-refractivity contribution in [1.82, 2.24) is 5.43 Å². The lowest BCUT2D eigenvalue weighted by Gasteiger charge is -2.34. The molecule has 1 aromatic carbocycles. The van der Waals surface area contributed by atoms with Crippen LogP contribution in [0.2, 0.25) is 0 Å². The molecule has 0 spiro atoms. The van der Waals surface area contributed by atoms with Crippen LogP contribution in [0, 0.1) is 5.41 Å². The van der Waals surface area contributed by atoms with E-state index in [9.17, 15) is 0 Å². The van der Waals surface area contributed by atoms with Crippen molar-refractivity contribution >= 4 is 0 Å². The van der Waals surface area contributed by atoms with Crippen LogP contribution in [0.3, 0.4) is 0 Å². The third-order valence-electron chi connectivity index (χ3n) is 4.17. The maximum absolute atomic E-state index is 5.83. The smallest absolute Gasteiger partial charge is 0.120 e. The molecule has 0 bridgehead atoms. The van der Waals surface area contributed by atoms with Crippen LogP contribution < -0.4 is 16.0 Å². The molecule has 3 nitrogen and oxygen atoms in total. The largest absolute Gasteiger partial charge is 0.491 e. The van der Waals surface area contributed by atoms with Crippen molar-refractivity contribution in [3.63, 3.8) is 0 Å². The number of hydrazine groups is 1. The molecule has 1 aromatic rings. The van der Waals surface area contributed by atoms with Crippen LogP contribution >= 0.6 is 0 Å². The highest BCUT2D eigenvalue weighted by atomic mass is 16.5. The van der Waals surface area contributed by atoms with Crippen molar-refractivity contribution in [1.29, 1.82) is 0 Å². The second-order valence-corrected chi connectivity index (χ2v) is 6.20. The fourth-order valence-corrected chi connectivity index (χ4v) is 3.21. The van der Waals surface area contributed by atoms with Crippen molar-refractivity contribution in [2.45, 2.75) is 58.6 Å². The summed E-state index contributed by atoms with van der Waals surface area (Å²) in [7, 11) is 0. The van der Waals surface area contributed by atoms with Crippen molar-refractivity contribution < 1.29 is 4.74 Å². The Labute approximate surface area is 116 Å². The van der Waals surface area contributed by atoms with Gasteiger partial charge in [-0.1, -0.05) is 31.9 Å². The number of hydrogen-bond acceptors (Lipinski definition) is 3. The minimum Gasteiger partial charge on any atom is -0.491 e. The first kappa shape index (κ1) is 14.4. The summed E-state index contributed by atoms with van der Waals surface area (Å²) in [6.07, 6.45) is 5.27. The normalized spacial score (nSPS) is 19.6. The van der Waals surface area contributed by atoms with Crippen LogP contribution in [0.1, 0.15) is 58.1 Å². The van der Waals surface area contributed by atoms with Gasteiger partial charge in [0.15, 0.2) is 0 Å². The van der Waals surface area contributed by atoms with Crippen molar-refractivity contribution in [2.24, 2.45) is 11.3 Å². The van der Waals surface area contributed by atoms with Gasteiger partial charge in [-0.15, -0.1) is 0 Å². The molecule has 1 unspecified atom stereocenters. The van der Waals surface area contributed by atoms with E-state index in [-0.39, 0.29) is 17.6 Å². The van der Waals surface area contributed by atoms with Crippen LogP contribution in [0.25, 0.3) is 0 Å². The number of nitrogens with one attached hydrogen (secondary N) is 1. The first-order chi connectivity index (χ1) is 9.05. The van der Waals surface area contributed by atoms with E-state index in [1.54, 1.807) is 0 Å². The molecule has 3 heteroatoms. The Morgan fingerprint density at radius 1 is 1.26 bits per heavy atom. The van der Waals surface area contributed by atoms with E-state index >= 15 is 0 Å². The number of nitrogens with two attached hydrogens (primary N) is 1. The average Bonchev–Trinajstić information content (AvgIpc) is 2.77. The van der Waals surface area contributed by atoms with Gasteiger partial charge >= 0.3 is 0 Å². The highest BCUT2D eigenvalue weighted by Crippen LogP contribution is 2.47. The van der Waals surface area contributed by atoms with E-state index in [1.165, 1.54) is 31.2 Å². The Bertz CT molecular complexity index is 411. The van der Waals surface area contributed by atoms with Gasteiger partial charge in [-0.3, -0.25) is 11.3 Å². The maximum atomic E-state index is 5.83. The first-order valence-corrected chi connectivity index (χ1v) is 7.28. The second-order valence-electron chi connectivity index (χ2n) is 6.20. The quantitative estimate of drug-likeness (QED) is 0.630. The molecule has 1 saturated carbocycles. The maximum Gasteiger partial charge on any atom is 0.120 e. The number of hydrogen-bond donors (Lipinski definition) is 2. The molecule has 3 N–H and O–H groups in total. The first-order valence-electron chi connectivity index (χ1n) is 7.28. The minimum absolute atomic E-state index is 0.196. The van der Waals surface area contributed by atoms with Gasteiger partial charge < -0.3 is 4.74 Å². The number of benzene rings is 1. The number of ether oxygens (including phenoxy) is 1. The second kappa shape index (κ2) is 5.93. The molecule has 0 saturated heterocycles. The highest BCUT2D eigenvalue weighted by Gasteiger charge is 2.37. The summed E-state index contributed by atoms with van der Waals surface area (Å²) in [6.45, 7) is 6.42. The highest BCUT2D eigenvalue weighted by molar-refractivity contribution is 5.32. The van der Waals surface area contributed by atoms with Gasteiger partial charge in [-0.2, -0.15) is 0 Å². The molecule has 2 rings (SSSR count). The van der Waals surface area contributed by atoms with Crippen LogP contribution in [-0.4, -0.2) is 6.10 Å². The lowest BCUT2D eigenvalue weighted by Crippen LogP contribution is -2.38. The van der Waals surface area contributed by atoms with Gasteiger partial charge in [0.1, 0.15) is 5.75 Å². The average molecular weight is 262 g/mol. The molecule has 1 aliphatic rings. The zero-order valence-corrected chi connectivity index (χ0v) is 12.3. The molecule has 0 aliphatic heterocycles. The molecule has 0 radical (unpaired) electrons. The van der Waals surface area contributed by atoms with Crippen LogP contribution in [0.15, 0.2) is 24.3 Å². The number of rotatable bonds is 5. The lowest BCUT2D eigenvalue weighted by molar-refractivity contribution is 0.221. The molecule has 0 aromatic heterocycles. The summed E-state index contributed by atoms with van der Waals surface area (Å²) < 4.78 is 5.78. The lowest BCUT2D eigenvalue weighted by atomic mass is 9.77. The van der Waals surface area contributed by atoms with Gasteiger partial charge in [0.05, 0.1) is 12.1 Å². The molecular formula is C16H26N2O. The van der Waals surface area contributed by atoms with Gasteiger partial charge in [0.25, 0.3) is 0 Å². The van der Waals surface area contributed by atoms with Gasteiger partial charge in [-0.05, 0) is 49.8 Å². The molecule has 1 fully saturated rings. The zero-order chi connectivity index (χ0) is 13.9. The van der Waals surface area contributed by atoms with Crippen LogP contribution in [0.5, 0.6) is 5.75 Å². The predicted molar refractivity (Wildman–Crippen MR) is 78.8 cm³/mol. The monoisotopic (exact) mass is 262 g/mol. The standard InChI is InChI=1S/C16H26N2O/c1-12(2)19-14-8-6-7-13(11-14)15(18-17)16(3)9-4-5-10-16/h6-8,11-12,15,18H,4-5,9-10,17H2,1-3H3. The predicted octanol–water partition coefficient (Wildman–Crippen LogP) is 3.56. The molecule has 1 aliphatic carbocycles. The Kier molecular flexibility index (Phi) is 4.48. The molecule has 106 valence electrons. The van der Waals surface area contributed by atoms with Crippen molar-refractivity contribution in [3.05, 3.63) is 29.8 Å². The third kappa shape index (κ3) is 3.28. The van der Waals surface area contributed by atoms with E-state index < -0.39 is 0 Å². The Hall–Kier alpha value is -1.06. The third-order valence-corrected chi connectivity index (χ3v) is 4.17. The molecule has 19 heavy (non-hydrogen) atoms. The topological polar surface area (TPSA) is 47.3 Å². The van der Waals surface area contributed by atoms with E-state index in [1.807, 2.05) is 19.9 Å². The van der Waals surface area contributed by atoms with Crippen molar-refractivity contribution in [3.8, 4) is 5.75 Å². The summed E-state index contributed by atoms with van der Waals surface area (Å²) in [4.78, 5) is 0. The minimum atomic E-state index is 0.196. The molecule has 1 atom stereocenters. The summed E-state index contributed by atoms with van der Waals surface area (Å²) in [6, 6.07) is 8.52. The molecule has 0 heterocycles. The van der Waals surface area contributed by atoms with Crippen LogP contribution in [-0.2, 0) is 0 Å². The summed E-state index contributed by atoms with van der Waals surface area (Å²) in [5, 5.41) is 0. The van der Waals surface area contributed by atoms with Gasteiger partial charge in [0, 0.05) is 0 Å². The van der Waals surface area contributed by atoms with E-state index in [0.717, 1.165) is 5.75 Å². The van der Waals surface area contributed by atoms with Gasteiger partial charge in [0.2, 0.25) is 0 Å². The molecular weight excluding hydrogens is 236 g/mol.